The zero-order chi connectivity index (χ0) is 25.9. The molecule has 1 aromatic heterocycles. The minimum atomic E-state index is -0.586. The van der Waals surface area contributed by atoms with Crippen molar-refractivity contribution in [3.8, 4) is 5.75 Å². The molecule has 5 rings (SSSR count). The molecule has 1 amide bonds. The van der Waals surface area contributed by atoms with Crippen molar-refractivity contribution in [1.82, 2.24) is 14.8 Å². The molecule has 0 bridgehead atoms. The number of amides is 1. The van der Waals surface area contributed by atoms with Crippen LogP contribution in [0.5, 0.6) is 5.75 Å². The second kappa shape index (κ2) is 10.9. The van der Waals surface area contributed by atoms with Gasteiger partial charge in [-0.25, -0.2) is 4.68 Å². The van der Waals surface area contributed by atoms with Gasteiger partial charge in [0.25, 0.3) is 5.91 Å². The number of hydrogen-bond acceptors (Lipinski definition) is 6. The highest BCUT2D eigenvalue weighted by molar-refractivity contribution is 7.98. The molecule has 7 nitrogen and oxygen atoms in total. The second-order valence-electron chi connectivity index (χ2n) is 8.32. The van der Waals surface area contributed by atoms with Gasteiger partial charge in [-0.15, -0.1) is 5.10 Å². The number of carbonyl (C=O) groups excluding carboxylic acids is 1. The van der Waals surface area contributed by atoms with Crippen LogP contribution in [0.2, 0.25) is 10.0 Å². The Morgan fingerprint density at radius 3 is 2.57 bits per heavy atom. The van der Waals surface area contributed by atoms with E-state index in [2.05, 4.69) is 10.6 Å². The summed E-state index contributed by atoms with van der Waals surface area (Å²) in [5.74, 6) is 1.48. The van der Waals surface area contributed by atoms with E-state index >= 15 is 0 Å². The summed E-state index contributed by atoms with van der Waals surface area (Å²) in [6, 6.07) is 21.8. The first-order chi connectivity index (χ1) is 17.9. The van der Waals surface area contributed by atoms with Gasteiger partial charge in [-0.2, -0.15) is 4.98 Å². The Labute approximate surface area is 228 Å². The molecule has 1 aliphatic rings. The molecule has 0 unspecified atom stereocenters. The van der Waals surface area contributed by atoms with E-state index in [1.807, 2.05) is 61.5 Å². The monoisotopic (exact) mass is 551 g/mol. The lowest BCUT2D eigenvalue weighted by Gasteiger charge is -2.29. The van der Waals surface area contributed by atoms with Crippen LogP contribution >= 0.6 is 35.0 Å². The third-order valence-electron chi connectivity index (χ3n) is 5.91. The number of aromatic nitrogens is 3. The number of fused-ring (bicyclic) bond motifs is 1. The van der Waals surface area contributed by atoms with Crippen LogP contribution in [0.1, 0.15) is 24.1 Å². The van der Waals surface area contributed by atoms with Crippen molar-refractivity contribution in [2.45, 2.75) is 23.9 Å². The van der Waals surface area contributed by atoms with Crippen LogP contribution in [0.3, 0.4) is 0 Å². The average Bonchev–Trinajstić information content (AvgIpc) is 3.30. The third-order valence-corrected chi connectivity index (χ3v) is 7.42. The molecule has 0 saturated heterocycles. The maximum atomic E-state index is 13.7. The zero-order valence-corrected chi connectivity index (χ0v) is 22.4. The summed E-state index contributed by atoms with van der Waals surface area (Å²) >= 11 is 14.1. The number of hydrogen-bond donors (Lipinski definition) is 2. The minimum absolute atomic E-state index is 0.295. The summed E-state index contributed by atoms with van der Waals surface area (Å²) in [5, 5.41) is 12.8. The first-order valence-electron chi connectivity index (χ1n) is 11.4. The molecule has 188 valence electrons. The van der Waals surface area contributed by atoms with E-state index in [-0.39, 0.29) is 5.91 Å². The molecule has 0 fully saturated rings. The second-order valence-corrected chi connectivity index (χ2v) is 10.1. The molecule has 0 spiro atoms. The Hall–Kier alpha value is -3.46. The van der Waals surface area contributed by atoms with Gasteiger partial charge < -0.3 is 15.4 Å². The van der Waals surface area contributed by atoms with Gasteiger partial charge >= 0.3 is 0 Å². The van der Waals surface area contributed by atoms with Gasteiger partial charge in [0.2, 0.25) is 11.1 Å². The highest BCUT2D eigenvalue weighted by Gasteiger charge is 2.35. The molecule has 2 N–H and O–H groups in total. The lowest BCUT2D eigenvalue weighted by molar-refractivity contribution is -0.113. The minimum Gasteiger partial charge on any atom is -0.495 e. The Balaban J connectivity index is 1.50. The number of rotatable bonds is 7. The number of ether oxygens (including phenoxy) is 1. The average molecular weight is 552 g/mol. The normalized spacial score (nSPS) is 14.6. The van der Waals surface area contributed by atoms with Gasteiger partial charge in [-0.1, -0.05) is 77.4 Å². The highest BCUT2D eigenvalue weighted by Crippen LogP contribution is 2.40. The number of para-hydroxylation sites is 2. The standard InChI is InChI=1S/C27H23Cl2N5O2S/c1-16-23(25(35)31-21-9-5-6-10-22(21)36-2)24(19-7-3-4-8-20(19)29)34-26(30-16)32-27(33-34)37-15-17-11-13-18(28)14-12-17/h3-14,24H,15H2,1-2H3,(H,31,35)(H,30,32,33)/t24-/m1/s1. The summed E-state index contributed by atoms with van der Waals surface area (Å²) in [6.07, 6.45) is 0. The number of benzene rings is 3. The molecule has 0 radical (unpaired) electrons. The van der Waals surface area contributed by atoms with Crippen molar-refractivity contribution in [3.63, 3.8) is 0 Å². The van der Waals surface area contributed by atoms with Crippen LogP contribution in [-0.2, 0) is 10.5 Å². The van der Waals surface area contributed by atoms with Crippen molar-refractivity contribution in [3.05, 3.63) is 105 Å². The number of nitrogens with one attached hydrogen (secondary N) is 2. The van der Waals surface area contributed by atoms with E-state index in [1.165, 1.54) is 11.8 Å². The molecule has 0 aliphatic carbocycles. The number of methoxy groups -OCH3 is 1. The summed E-state index contributed by atoms with van der Waals surface area (Å²) < 4.78 is 7.13. The van der Waals surface area contributed by atoms with Gasteiger partial charge in [0.15, 0.2) is 0 Å². The van der Waals surface area contributed by atoms with Gasteiger partial charge in [-0.3, -0.25) is 4.79 Å². The highest BCUT2D eigenvalue weighted by atomic mass is 35.5. The fourth-order valence-electron chi connectivity index (χ4n) is 4.14. The molecular formula is C27H23Cl2N5O2S. The van der Waals surface area contributed by atoms with E-state index in [0.29, 0.717) is 49.6 Å². The van der Waals surface area contributed by atoms with Gasteiger partial charge in [-0.05, 0) is 42.8 Å². The number of nitrogens with zero attached hydrogens (tertiary/aromatic N) is 3. The molecule has 1 aliphatic heterocycles. The SMILES string of the molecule is COc1ccccc1NC(=O)C1=C(C)Nc2nc(SCc3ccc(Cl)cc3)nn2[C@@H]1c1ccccc1Cl. The molecule has 4 aromatic rings. The number of carbonyl (C=O) groups is 1. The summed E-state index contributed by atoms with van der Waals surface area (Å²) in [4.78, 5) is 18.4. The Morgan fingerprint density at radius 1 is 1.08 bits per heavy atom. The smallest absolute Gasteiger partial charge is 0.255 e. The quantitative estimate of drug-likeness (QED) is 0.245. The molecule has 2 heterocycles. The Morgan fingerprint density at radius 2 is 1.81 bits per heavy atom. The van der Waals surface area contributed by atoms with Crippen molar-refractivity contribution in [2.24, 2.45) is 0 Å². The lowest BCUT2D eigenvalue weighted by Crippen LogP contribution is -2.31. The van der Waals surface area contributed by atoms with Crippen LogP contribution in [0, 0.1) is 0 Å². The van der Waals surface area contributed by atoms with Crippen LogP contribution in [0.15, 0.2) is 89.2 Å². The predicted octanol–water partition coefficient (Wildman–Crippen LogP) is 6.81. The van der Waals surface area contributed by atoms with Crippen LogP contribution in [0.25, 0.3) is 0 Å². The maximum Gasteiger partial charge on any atom is 0.255 e. The third kappa shape index (κ3) is 5.32. The zero-order valence-electron chi connectivity index (χ0n) is 20.0. The van der Waals surface area contributed by atoms with Crippen molar-refractivity contribution in [2.75, 3.05) is 17.7 Å². The van der Waals surface area contributed by atoms with Crippen LogP contribution < -0.4 is 15.4 Å². The fourth-order valence-corrected chi connectivity index (χ4v) is 5.29. The van der Waals surface area contributed by atoms with Gasteiger partial charge in [0.1, 0.15) is 11.8 Å². The molecular weight excluding hydrogens is 529 g/mol. The summed E-state index contributed by atoms with van der Waals surface area (Å²) in [6.45, 7) is 1.85. The molecule has 37 heavy (non-hydrogen) atoms. The number of allylic oxidation sites excluding steroid dienone is 1. The lowest BCUT2D eigenvalue weighted by atomic mass is 9.95. The van der Waals surface area contributed by atoms with Crippen LogP contribution in [-0.4, -0.2) is 27.8 Å². The van der Waals surface area contributed by atoms with E-state index in [1.54, 1.807) is 30.0 Å². The first-order valence-corrected chi connectivity index (χ1v) is 13.2. The number of halogens is 2. The molecule has 10 heteroatoms. The van der Waals surface area contributed by atoms with E-state index < -0.39 is 6.04 Å². The first kappa shape index (κ1) is 25.2. The van der Waals surface area contributed by atoms with E-state index in [9.17, 15) is 4.79 Å². The van der Waals surface area contributed by atoms with Crippen molar-refractivity contribution >= 4 is 52.5 Å². The maximum absolute atomic E-state index is 13.7. The van der Waals surface area contributed by atoms with Crippen LogP contribution in [0.4, 0.5) is 11.6 Å². The number of anilines is 2. The van der Waals surface area contributed by atoms with Crippen molar-refractivity contribution in [1.29, 1.82) is 0 Å². The molecule has 1 atom stereocenters. The fraction of sp³-hybridized carbons (Fsp3) is 0.148. The Kier molecular flexibility index (Phi) is 7.41. The van der Waals surface area contributed by atoms with E-state index in [0.717, 1.165) is 11.1 Å². The van der Waals surface area contributed by atoms with Gasteiger partial charge in [0, 0.05) is 27.1 Å². The summed E-state index contributed by atoms with van der Waals surface area (Å²) in [5.41, 5.74) is 3.55. The largest absolute Gasteiger partial charge is 0.495 e. The van der Waals surface area contributed by atoms with Gasteiger partial charge in [0.05, 0.1) is 18.4 Å². The molecule has 0 saturated carbocycles. The van der Waals surface area contributed by atoms with E-state index in [4.69, 9.17) is 38.0 Å². The topological polar surface area (TPSA) is 81.1 Å². The van der Waals surface area contributed by atoms with Crippen molar-refractivity contribution < 1.29 is 9.53 Å². The predicted molar refractivity (Wildman–Crippen MR) is 149 cm³/mol. The summed E-state index contributed by atoms with van der Waals surface area (Å²) in [7, 11) is 1.56. The Bertz CT molecular complexity index is 1490. The molecule has 3 aromatic carbocycles. The number of thioether (sulfide) groups is 1.